The van der Waals surface area contributed by atoms with Crippen molar-refractivity contribution in [1.82, 2.24) is 9.55 Å². The summed E-state index contributed by atoms with van der Waals surface area (Å²) in [4.78, 5) is 27.7. The molecule has 1 amide bonds. The second kappa shape index (κ2) is 8.90. The topological polar surface area (TPSA) is 96.4 Å². The lowest BCUT2D eigenvalue weighted by atomic mass is 10.1. The van der Waals surface area contributed by atoms with Crippen molar-refractivity contribution in [2.24, 2.45) is 5.73 Å². The predicted molar refractivity (Wildman–Crippen MR) is 107 cm³/mol. The first kappa shape index (κ1) is 19.9. The van der Waals surface area contributed by atoms with Gasteiger partial charge < -0.3 is 19.8 Å². The third-order valence-electron chi connectivity index (χ3n) is 4.26. The van der Waals surface area contributed by atoms with E-state index in [0.717, 1.165) is 21.8 Å². The first-order valence-electron chi connectivity index (χ1n) is 8.62. The highest BCUT2D eigenvalue weighted by Gasteiger charge is 2.13. The fourth-order valence-corrected chi connectivity index (χ4v) is 3.77. The number of imidazole rings is 1. The molecule has 7 nitrogen and oxygen atoms in total. The SMILES string of the molecule is COCCn1c(SCc2ccc(C(=O)OC)cc2)nc2cc(C(N)=O)ccc21. The molecule has 0 aliphatic carbocycles. The monoisotopic (exact) mass is 399 g/mol. The van der Waals surface area contributed by atoms with Crippen LogP contribution >= 0.6 is 11.8 Å². The lowest BCUT2D eigenvalue weighted by Crippen LogP contribution is -2.10. The number of benzene rings is 2. The van der Waals surface area contributed by atoms with E-state index in [-0.39, 0.29) is 5.97 Å². The van der Waals surface area contributed by atoms with Crippen LogP contribution in [0.5, 0.6) is 0 Å². The number of esters is 1. The molecule has 3 aromatic rings. The maximum atomic E-state index is 11.5. The number of carbonyl (C=O) groups excluding carboxylic acids is 2. The van der Waals surface area contributed by atoms with Crippen molar-refractivity contribution in [3.05, 3.63) is 59.2 Å². The number of nitrogens with two attached hydrogens (primary N) is 1. The molecule has 2 aromatic carbocycles. The number of rotatable bonds is 8. The number of amides is 1. The zero-order chi connectivity index (χ0) is 20.1. The highest BCUT2D eigenvalue weighted by Crippen LogP contribution is 2.27. The number of methoxy groups -OCH3 is 2. The third-order valence-corrected chi connectivity index (χ3v) is 5.31. The van der Waals surface area contributed by atoms with Crippen molar-refractivity contribution in [3.63, 3.8) is 0 Å². The van der Waals surface area contributed by atoms with Crippen molar-refractivity contribution in [2.45, 2.75) is 17.5 Å². The lowest BCUT2D eigenvalue weighted by molar-refractivity contribution is 0.0600. The highest BCUT2D eigenvalue weighted by molar-refractivity contribution is 7.98. The van der Waals surface area contributed by atoms with Crippen LogP contribution in [-0.4, -0.2) is 42.3 Å². The zero-order valence-electron chi connectivity index (χ0n) is 15.7. The quantitative estimate of drug-likeness (QED) is 0.462. The Labute approximate surface area is 166 Å². The first-order valence-corrected chi connectivity index (χ1v) is 9.61. The number of ether oxygens (including phenoxy) is 2. The van der Waals surface area contributed by atoms with Gasteiger partial charge in [-0.2, -0.15) is 0 Å². The van der Waals surface area contributed by atoms with Gasteiger partial charge in [0.15, 0.2) is 5.16 Å². The van der Waals surface area contributed by atoms with E-state index in [0.29, 0.717) is 30.0 Å². The van der Waals surface area contributed by atoms with Gasteiger partial charge in [-0.25, -0.2) is 9.78 Å². The summed E-state index contributed by atoms with van der Waals surface area (Å²) in [5.41, 5.74) is 9.02. The van der Waals surface area contributed by atoms with Crippen LogP contribution in [0, 0.1) is 0 Å². The van der Waals surface area contributed by atoms with E-state index in [1.165, 1.54) is 7.11 Å². The predicted octanol–water partition coefficient (Wildman–Crippen LogP) is 2.86. The van der Waals surface area contributed by atoms with Crippen molar-refractivity contribution in [1.29, 1.82) is 0 Å². The summed E-state index contributed by atoms with van der Waals surface area (Å²) in [5.74, 6) is -0.153. The molecular weight excluding hydrogens is 378 g/mol. The number of thioether (sulfide) groups is 1. The number of nitrogens with zero attached hydrogens (tertiary/aromatic N) is 2. The maximum Gasteiger partial charge on any atom is 0.337 e. The lowest BCUT2D eigenvalue weighted by Gasteiger charge is -2.08. The highest BCUT2D eigenvalue weighted by atomic mass is 32.2. The smallest absolute Gasteiger partial charge is 0.337 e. The maximum absolute atomic E-state index is 11.5. The number of carbonyl (C=O) groups is 2. The van der Waals surface area contributed by atoms with Gasteiger partial charge in [-0.1, -0.05) is 23.9 Å². The number of hydrogen-bond donors (Lipinski definition) is 1. The second-order valence-electron chi connectivity index (χ2n) is 6.08. The van der Waals surface area contributed by atoms with Gasteiger partial charge in [-0.3, -0.25) is 4.79 Å². The summed E-state index contributed by atoms with van der Waals surface area (Å²) in [6.07, 6.45) is 0. The molecule has 8 heteroatoms. The molecule has 2 N–H and O–H groups in total. The van der Waals surface area contributed by atoms with E-state index in [4.69, 9.17) is 15.2 Å². The number of aromatic nitrogens is 2. The molecule has 146 valence electrons. The Kier molecular flexibility index (Phi) is 6.33. The summed E-state index contributed by atoms with van der Waals surface area (Å²) >= 11 is 1.57. The number of hydrogen-bond acceptors (Lipinski definition) is 6. The molecule has 0 fully saturated rings. The molecule has 0 bridgehead atoms. The number of fused-ring (bicyclic) bond motifs is 1. The van der Waals surface area contributed by atoms with Crippen LogP contribution < -0.4 is 5.73 Å². The van der Waals surface area contributed by atoms with E-state index in [9.17, 15) is 9.59 Å². The van der Waals surface area contributed by atoms with E-state index < -0.39 is 5.91 Å². The molecule has 28 heavy (non-hydrogen) atoms. The van der Waals surface area contributed by atoms with Crippen LogP contribution in [-0.2, 0) is 21.8 Å². The molecule has 1 aromatic heterocycles. The fraction of sp³-hybridized carbons (Fsp3) is 0.250. The minimum atomic E-state index is -0.478. The van der Waals surface area contributed by atoms with Crippen LogP contribution in [0.25, 0.3) is 11.0 Å². The summed E-state index contributed by atoms with van der Waals surface area (Å²) < 4.78 is 12.0. The van der Waals surface area contributed by atoms with Gasteiger partial charge in [0, 0.05) is 25.0 Å². The van der Waals surface area contributed by atoms with E-state index in [1.807, 2.05) is 18.2 Å². The van der Waals surface area contributed by atoms with Crippen molar-refractivity contribution < 1.29 is 19.1 Å². The van der Waals surface area contributed by atoms with Gasteiger partial charge >= 0.3 is 5.97 Å². The Morgan fingerprint density at radius 1 is 1.11 bits per heavy atom. The van der Waals surface area contributed by atoms with Crippen LogP contribution in [0.15, 0.2) is 47.6 Å². The normalized spacial score (nSPS) is 10.9. The Hall–Kier alpha value is -2.84. The third kappa shape index (κ3) is 4.35. The molecular formula is C20H21N3O4S. The molecule has 1 heterocycles. The molecule has 0 atom stereocenters. The van der Waals surface area contributed by atoms with Gasteiger partial charge in [0.1, 0.15) is 0 Å². The Morgan fingerprint density at radius 2 is 1.82 bits per heavy atom. The average Bonchev–Trinajstić information content (AvgIpc) is 3.07. The van der Waals surface area contributed by atoms with Crippen LogP contribution in [0.3, 0.4) is 0 Å². The average molecular weight is 399 g/mol. The molecule has 3 rings (SSSR count). The van der Waals surface area contributed by atoms with Crippen LogP contribution in [0.2, 0.25) is 0 Å². The number of primary amides is 1. The van der Waals surface area contributed by atoms with Gasteiger partial charge in [0.25, 0.3) is 0 Å². The molecule has 0 spiro atoms. The molecule has 0 unspecified atom stereocenters. The fourth-order valence-electron chi connectivity index (χ4n) is 2.77. The van der Waals surface area contributed by atoms with Crippen LogP contribution in [0.1, 0.15) is 26.3 Å². The van der Waals surface area contributed by atoms with Crippen molar-refractivity contribution in [3.8, 4) is 0 Å². The van der Waals surface area contributed by atoms with E-state index in [2.05, 4.69) is 9.55 Å². The minimum absolute atomic E-state index is 0.356. The van der Waals surface area contributed by atoms with Gasteiger partial charge in [0.2, 0.25) is 5.91 Å². The molecule has 0 saturated heterocycles. The summed E-state index contributed by atoms with van der Waals surface area (Å²) in [7, 11) is 3.01. The van der Waals surface area contributed by atoms with Crippen LogP contribution in [0.4, 0.5) is 0 Å². The Bertz CT molecular complexity index is 999. The Morgan fingerprint density at radius 3 is 2.46 bits per heavy atom. The van der Waals surface area contributed by atoms with Gasteiger partial charge in [-0.15, -0.1) is 0 Å². The summed E-state index contributed by atoms with van der Waals surface area (Å²) in [6, 6.07) is 12.5. The standard InChI is InChI=1S/C20H21N3O4S/c1-26-10-9-23-17-8-7-15(18(21)24)11-16(17)22-20(23)28-12-13-3-5-14(6-4-13)19(25)27-2/h3-8,11H,9-10,12H2,1-2H3,(H2,21,24). The van der Waals surface area contributed by atoms with Gasteiger partial charge in [0.05, 0.1) is 30.3 Å². The molecule has 0 aliphatic heterocycles. The van der Waals surface area contributed by atoms with E-state index in [1.54, 1.807) is 43.1 Å². The second-order valence-corrected chi connectivity index (χ2v) is 7.03. The van der Waals surface area contributed by atoms with Crippen molar-refractivity contribution in [2.75, 3.05) is 20.8 Å². The minimum Gasteiger partial charge on any atom is -0.465 e. The molecule has 0 aliphatic rings. The van der Waals surface area contributed by atoms with Crippen molar-refractivity contribution >= 4 is 34.7 Å². The van der Waals surface area contributed by atoms with E-state index >= 15 is 0 Å². The molecule has 0 saturated carbocycles. The largest absolute Gasteiger partial charge is 0.465 e. The summed E-state index contributed by atoms with van der Waals surface area (Å²) in [6.45, 7) is 1.19. The summed E-state index contributed by atoms with van der Waals surface area (Å²) in [5, 5.41) is 0.825. The van der Waals surface area contributed by atoms with Gasteiger partial charge in [-0.05, 0) is 35.9 Å². The Balaban J connectivity index is 1.84. The first-order chi connectivity index (χ1) is 13.5. The molecule has 0 radical (unpaired) electrons. The zero-order valence-corrected chi connectivity index (χ0v) is 16.5.